The molecule has 0 saturated carbocycles. The van der Waals surface area contributed by atoms with Crippen LogP contribution in [0.2, 0.25) is 0 Å². The molecule has 1 heterocycles. The van der Waals surface area contributed by atoms with Crippen molar-refractivity contribution >= 4 is 5.91 Å². The monoisotopic (exact) mass is 340 g/mol. The quantitative estimate of drug-likeness (QED) is 0.775. The first-order valence-corrected chi connectivity index (χ1v) is 7.70. The molecule has 0 bridgehead atoms. The summed E-state index contributed by atoms with van der Waals surface area (Å²) in [5.41, 5.74) is 1.62. The van der Waals surface area contributed by atoms with Crippen LogP contribution in [0, 0.1) is 5.82 Å². The van der Waals surface area contributed by atoms with Crippen molar-refractivity contribution in [3.63, 3.8) is 0 Å². The minimum atomic E-state index is -0.476. The minimum absolute atomic E-state index is 0.160. The standard InChI is InChI=1S/C18H17FN4O2/c1-12(13-8-9-17(25-2)15(19)10-13)20-18(24)16-11-23(22-21-16)14-6-4-3-5-7-14/h3-12H,1-2H3,(H,20,24)/t12-/m1/s1. The molecule has 0 radical (unpaired) electrons. The molecule has 0 saturated heterocycles. The number of aromatic nitrogens is 3. The first-order valence-electron chi connectivity index (χ1n) is 7.70. The fraction of sp³-hybridized carbons (Fsp3) is 0.167. The van der Waals surface area contributed by atoms with Gasteiger partial charge in [-0.05, 0) is 36.8 Å². The lowest BCUT2D eigenvalue weighted by atomic mass is 10.1. The summed E-state index contributed by atoms with van der Waals surface area (Å²) < 4.78 is 20.2. The van der Waals surface area contributed by atoms with Gasteiger partial charge in [-0.3, -0.25) is 4.79 Å². The van der Waals surface area contributed by atoms with Gasteiger partial charge in [0.15, 0.2) is 17.3 Å². The van der Waals surface area contributed by atoms with Crippen LogP contribution in [0.5, 0.6) is 5.75 Å². The van der Waals surface area contributed by atoms with Crippen LogP contribution in [-0.2, 0) is 0 Å². The van der Waals surface area contributed by atoms with E-state index < -0.39 is 11.9 Å². The topological polar surface area (TPSA) is 69.0 Å². The second-order valence-corrected chi connectivity index (χ2v) is 5.47. The summed E-state index contributed by atoms with van der Waals surface area (Å²) in [5.74, 6) is -0.699. The maximum absolute atomic E-state index is 13.8. The van der Waals surface area contributed by atoms with Crippen molar-refractivity contribution < 1.29 is 13.9 Å². The molecule has 6 nitrogen and oxygen atoms in total. The number of methoxy groups -OCH3 is 1. The van der Waals surface area contributed by atoms with E-state index in [9.17, 15) is 9.18 Å². The smallest absolute Gasteiger partial charge is 0.273 e. The van der Waals surface area contributed by atoms with Gasteiger partial charge in [-0.1, -0.05) is 29.5 Å². The molecule has 0 aliphatic carbocycles. The van der Waals surface area contributed by atoms with Gasteiger partial charge in [0.25, 0.3) is 5.91 Å². The number of halogens is 1. The van der Waals surface area contributed by atoms with E-state index in [-0.39, 0.29) is 17.4 Å². The zero-order valence-corrected chi connectivity index (χ0v) is 13.8. The lowest BCUT2D eigenvalue weighted by molar-refractivity contribution is 0.0934. The first kappa shape index (κ1) is 16.6. The number of carbonyl (C=O) groups excluding carboxylic acids is 1. The third kappa shape index (κ3) is 3.65. The highest BCUT2D eigenvalue weighted by molar-refractivity contribution is 5.92. The molecule has 0 spiro atoms. The first-order chi connectivity index (χ1) is 12.1. The number of nitrogens with one attached hydrogen (secondary N) is 1. The molecular formula is C18H17FN4O2. The van der Waals surface area contributed by atoms with Gasteiger partial charge in [0.2, 0.25) is 0 Å². The Hall–Kier alpha value is -3.22. The van der Waals surface area contributed by atoms with E-state index >= 15 is 0 Å². The van der Waals surface area contributed by atoms with Gasteiger partial charge in [0.05, 0.1) is 25.0 Å². The van der Waals surface area contributed by atoms with Gasteiger partial charge in [-0.2, -0.15) is 0 Å². The largest absolute Gasteiger partial charge is 0.494 e. The Morgan fingerprint density at radius 2 is 2.00 bits per heavy atom. The summed E-state index contributed by atoms with van der Waals surface area (Å²) in [4.78, 5) is 12.3. The van der Waals surface area contributed by atoms with Gasteiger partial charge in [0.1, 0.15) is 0 Å². The predicted molar refractivity (Wildman–Crippen MR) is 90.2 cm³/mol. The van der Waals surface area contributed by atoms with Gasteiger partial charge < -0.3 is 10.1 Å². The number of nitrogens with zero attached hydrogens (tertiary/aromatic N) is 3. The SMILES string of the molecule is COc1ccc([C@@H](C)NC(=O)c2cn(-c3ccccc3)nn2)cc1F. The molecule has 128 valence electrons. The fourth-order valence-electron chi connectivity index (χ4n) is 2.38. The summed E-state index contributed by atoms with van der Waals surface area (Å²) in [6, 6.07) is 13.5. The van der Waals surface area contributed by atoms with Crippen molar-refractivity contribution in [1.82, 2.24) is 20.3 Å². The Balaban J connectivity index is 1.72. The molecule has 0 fully saturated rings. The minimum Gasteiger partial charge on any atom is -0.494 e. The third-order valence-electron chi connectivity index (χ3n) is 3.77. The number of rotatable bonds is 5. The summed E-state index contributed by atoms with van der Waals surface area (Å²) in [6.07, 6.45) is 1.55. The highest BCUT2D eigenvalue weighted by Gasteiger charge is 2.16. The Morgan fingerprint density at radius 1 is 1.24 bits per heavy atom. The molecule has 0 aliphatic heterocycles. The van der Waals surface area contributed by atoms with E-state index in [2.05, 4.69) is 15.6 Å². The van der Waals surface area contributed by atoms with Crippen molar-refractivity contribution in [2.24, 2.45) is 0 Å². The molecule has 7 heteroatoms. The summed E-state index contributed by atoms with van der Waals surface area (Å²) >= 11 is 0. The highest BCUT2D eigenvalue weighted by atomic mass is 19.1. The summed E-state index contributed by atoms with van der Waals surface area (Å²) in [7, 11) is 1.40. The van der Waals surface area contributed by atoms with E-state index in [0.29, 0.717) is 5.56 Å². The molecule has 3 aromatic rings. The second-order valence-electron chi connectivity index (χ2n) is 5.47. The van der Waals surface area contributed by atoms with E-state index in [1.807, 2.05) is 30.3 Å². The molecule has 1 aromatic heterocycles. The number of amides is 1. The van der Waals surface area contributed by atoms with Crippen LogP contribution in [0.3, 0.4) is 0 Å². The van der Waals surface area contributed by atoms with E-state index in [4.69, 9.17) is 4.74 Å². The Labute approximate surface area is 144 Å². The molecule has 0 aliphatic rings. The van der Waals surface area contributed by atoms with Crippen LogP contribution < -0.4 is 10.1 Å². The molecular weight excluding hydrogens is 323 g/mol. The Kier molecular flexibility index (Phi) is 4.74. The molecule has 0 unspecified atom stereocenters. The highest BCUT2D eigenvalue weighted by Crippen LogP contribution is 2.21. The normalized spacial score (nSPS) is 11.8. The second kappa shape index (κ2) is 7.12. The van der Waals surface area contributed by atoms with Gasteiger partial charge in [-0.15, -0.1) is 5.10 Å². The summed E-state index contributed by atoms with van der Waals surface area (Å²) in [5, 5.41) is 10.6. The zero-order valence-electron chi connectivity index (χ0n) is 13.8. The van der Waals surface area contributed by atoms with Crippen molar-refractivity contribution in [2.75, 3.05) is 7.11 Å². The van der Waals surface area contributed by atoms with Gasteiger partial charge in [-0.25, -0.2) is 9.07 Å². The number of hydrogen-bond acceptors (Lipinski definition) is 4. The molecule has 2 aromatic carbocycles. The summed E-state index contributed by atoms with van der Waals surface area (Å²) in [6.45, 7) is 1.76. The van der Waals surface area contributed by atoms with E-state index in [1.54, 1.807) is 19.2 Å². The van der Waals surface area contributed by atoms with Crippen molar-refractivity contribution in [2.45, 2.75) is 13.0 Å². The number of benzene rings is 2. The average Bonchev–Trinajstić information content (AvgIpc) is 3.12. The average molecular weight is 340 g/mol. The molecule has 1 atom stereocenters. The number of carbonyl (C=O) groups is 1. The maximum atomic E-state index is 13.8. The van der Waals surface area contributed by atoms with Gasteiger partial charge in [0, 0.05) is 0 Å². The Morgan fingerprint density at radius 3 is 2.68 bits per heavy atom. The number of para-hydroxylation sites is 1. The van der Waals surface area contributed by atoms with Crippen molar-refractivity contribution in [3.8, 4) is 11.4 Å². The fourth-order valence-corrected chi connectivity index (χ4v) is 2.38. The molecule has 3 rings (SSSR count). The number of hydrogen-bond donors (Lipinski definition) is 1. The van der Waals surface area contributed by atoms with Crippen LogP contribution in [0.4, 0.5) is 4.39 Å². The van der Waals surface area contributed by atoms with Crippen LogP contribution >= 0.6 is 0 Å². The van der Waals surface area contributed by atoms with E-state index in [1.165, 1.54) is 23.9 Å². The number of ether oxygens (including phenoxy) is 1. The lowest BCUT2D eigenvalue weighted by Crippen LogP contribution is -2.27. The van der Waals surface area contributed by atoms with Crippen molar-refractivity contribution in [3.05, 3.63) is 71.8 Å². The van der Waals surface area contributed by atoms with Gasteiger partial charge >= 0.3 is 0 Å². The van der Waals surface area contributed by atoms with Crippen LogP contribution in [0.1, 0.15) is 29.0 Å². The Bertz CT molecular complexity index is 880. The molecule has 1 amide bonds. The van der Waals surface area contributed by atoms with E-state index in [0.717, 1.165) is 5.69 Å². The predicted octanol–water partition coefficient (Wildman–Crippen LogP) is 2.91. The van der Waals surface area contributed by atoms with Crippen LogP contribution in [-0.4, -0.2) is 28.0 Å². The van der Waals surface area contributed by atoms with Crippen LogP contribution in [0.25, 0.3) is 5.69 Å². The zero-order chi connectivity index (χ0) is 17.8. The lowest BCUT2D eigenvalue weighted by Gasteiger charge is -2.14. The molecule has 25 heavy (non-hydrogen) atoms. The van der Waals surface area contributed by atoms with Crippen LogP contribution in [0.15, 0.2) is 54.7 Å². The molecule has 1 N–H and O–H groups in total. The maximum Gasteiger partial charge on any atom is 0.273 e. The van der Waals surface area contributed by atoms with Crippen molar-refractivity contribution in [1.29, 1.82) is 0 Å². The third-order valence-corrected chi connectivity index (χ3v) is 3.77.